The fraction of sp³-hybridized carbons (Fsp3) is 0.0833. The van der Waals surface area contributed by atoms with E-state index in [1.807, 2.05) is 0 Å². The quantitative estimate of drug-likeness (QED) is 0.879. The van der Waals surface area contributed by atoms with Crippen LogP contribution in [-0.2, 0) is 0 Å². The zero-order valence-electron chi connectivity index (χ0n) is 9.82. The third-order valence-corrected chi connectivity index (χ3v) is 2.78. The number of nitrogens with zero attached hydrogens (tertiary/aromatic N) is 3. The molecule has 1 aromatic heterocycles. The molecular formula is C12H8Cl2N4O. The van der Waals surface area contributed by atoms with Crippen LogP contribution in [-0.4, -0.2) is 17.1 Å². The summed E-state index contributed by atoms with van der Waals surface area (Å²) in [6, 6.07) is 7.16. The van der Waals surface area contributed by atoms with Crippen molar-refractivity contribution in [3.63, 3.8) is 0 Å². The van der Waals surface area contributed by atoms with Crippen LogP contribution in [0.4, 0.5) is 11.5 Å². The summed E-state index contributed by atoms with van der Waals surface area (Å²) in [5, 5.41) is 12.4. The minimum Gasteiger partial charge on any atom is -0.495 e. The molecule has 2 rings (SSSR count). The summed E-state index contributed by atoms with van der Waals surface area (Å²) in [7, 11) is 1.51. The third kappa shape index (κ3) is 2.87. The first kappa shape index (κ1) is 13.4. The van der Waals surface area contributed by atoms with Crippen molar-refractivity contribution in [2.24, 2.45) is 0 Å². The lowest BCUT2D eigenvalue weighted by Gasteiger charge is -2.12. The van der Waals surface area contributed by atoms with Crippen molar-refractivity contribution in [1.29, 1.82) is 5.26 Å². The van der Waals surface area contributed by atoms with Crippen LogP contribution in [0.15, 0.2) is 24.4 Å². The predicted molar refractivity (Wildman–Crippen MR) is 73.0 cm³/mol. The minimum atomic E-state index is 0.0558. The van der Waals surface area contributed by atoms with Crippen LogP contribution in [0.3, 0.4) is 0 Å². The zero-order chi connectivity index (χ0) is 13.8. The first-order valence-corrected chi connectivity index (χ1v) is 5.93. The van der Waals surface area contributed by atoms with E-state index in [9.17, 15) is 0 Å². The van der Waals surface area contributed by atoms with Crippen LogP contribution in [0, 0.1) is 11.3 Å². The van der Waals surface area contributed by atoms with Crippen molar-refractivity contribution in [3.8, 4) is 11.8 Å². The molecule has 0 bridgehead atoms. The number of anilines is 2. The number of para-hydroxylation sites is 1. The van der Waals surface area contributed by atoms with Crippen LogP contribution in [0.5, 0.6) is 5.75 Å². The Hall–Kier alpha value is -2.03. The first-order valence-electron chi connectivity index (χ1n) is 5.18. The molecule has 1 aromatic carbocycles. The Bertz CT molecular complexity index is 655. The smallest absolute Gasteiger partial charge is 0.224 e. The van der Waals surface area contributed by atoms with Crippen LogP contribution in [0.2, 0.25) is 10.3 Å². The second-order valence-electron chi connectivity index (χ2n) is 3.46. The highest BCUT2D eigenvalue weighted by Crippen LogP contribution is 2.32. The molecule has 7 heteroatoms. The molecule has 96 valence electrons. The zero-order valence-corrected chi connectivity index (χ0v) is 11.3. The van der Waals surface area contributed by atoms with Gasteiger partial charge in [-0.2, -0.15) is 10.2 Å². The third-order valence-electron chi connectivity index (χ3n) is 2.32. The van der Waals surface area contributed by atoms with Crippen molar-refractivity contribution in [1.82, 2.24) is 9.97 Å². The number of ether oxygens (including phenoxy) is 1. The molecule has 0 fully saturated rings. The Balaban J connectivity index is 2.48. The Morgan fingerprint density at radius 1 is 1.37 bits per heavy atom. The molecule has 0 saturated carbocycles. The normalized spacial score (nSPS) is 9.79. The van der Waals surface area contributed by atoms with Gasteiger partial charge in [0, 0.05) is 0 Å². The number of rotatable bonds is 3. The molecule has 0 aliphatic heterocycles. The van der Waals surface area contributed by atoms with E-state index in [-0.39, 0.29) is 5.28 Å². The highest BCUT2D eigenvalue weighted by atomic mass is 35.5. The van der Waals surface area contributed by atoms with Gasteiger partial charge in [0.25, 0.3) is 0 Å². The first-order chi connectivity index (χ1) is 9.15. The lowest BCUT2D eigenvalue weighted by atomic mass is 10.2. The molecular weight excluding hydrogens is 287 g/mol. The fourth-order valence-electron chi connectivity index (χ4n) is 1.48. The summed E-state index contributed by atoms with van der Waals surface area (Å²) in [6.45, 7) is 0. The standard InChI is InChI=1S/C12H8Cl2N4O/c1-19-9-4-2-3-7(5-15)10(9)17-11-8(13)6-16-12(14)18-11/h2-4,6H,1H3,(H,16,17,18). The summed E-state index contributed by atoms with van der Waals surface area (Å²) >= 11 is 11.7. The molecule has 1 N–H and O–H groups in total. The van der Waals surface area contributed by atoms with Gasteiger partial charge >= 0.3 is 0 Å². The molecule has 0 spiro atoms. The van der Waals surface area contributed by atoms with E-state index in [1.165, 1.54) is 13.3 Å². The number of benzene rings is 1. The average Bonchev–Trinajstić information content (AvgIpc) is 2.43. The lowest BCUT2D eigenvalue weighted by Crippen LogP contribution is -2.00. The van der Waals surface area contributed by atoms with E-state index in [1.54, 1.807) is 18.2 Å². The number of nitriles is 1. The van der Waals surface area contributed by atoms with Gasteiger partial charge < -0.3 is 10.1 Å². The van der Waals surface area contributed by atoms with Gasteiger partial charge in [0.1, 0.15) is 22.5 Å². The number of halogens is 2. The van der Waals surface area contributed by atoms with E-state index >= 15 is 0 Å². The maximum absolute atomic E-state index is 9.10. The molecule has 0 saturated heterocycles. The minimum absolute atomic E-state index is 0.0558. The van der Waals surface area contributed by atoms with Crippen LogP contribution < -0.4 is 10.1 Å². The summed E-state index contributed by atoms with van der Waals surface area (Å²) in [4.78, 5) is 7.72. The van der Waals surface area contributed by atoms with Gasteiger partial charge in [-0.15, -0.1) is 0 Å². The molecule has 0 aliphatic rings. The molecule has 5 nitrogen and oxygen atoms in total. The van der Waals surface area contributed by atoms with Gasteiger partial charge in [0.2, 0.25) is 5.28 Å². The van der Waals surface area contributed by atoms with Crippen LogP contribution >= 0.6 is 23.2 Å². The van der Waals surface area contributed by atoms with Crippen molar-refractivity contribution in [3.05, 3.63) is 40.3 Å². The predicted octanol–water partition coefficient (Wildman–Crippen LogP) is 3.41. The van der Waals surface area contributed by atoms with Crippen LogP contribution in [0.25, 0.3) is 0 Å². The van der Waals surface area contributed by atoms with Crippen molar-refractivity contribution < 1.29 is 4.74 Å². The van der Waals surface area contributed by atoms with Crippen molar-refractivity contribution in [2.75, 3.05) is 12.4 Å². The number of methoxy groups -OCH3 is 1. The van der Waals surface area contributed by atoms with E-state index < -0.39 is 0 Å². The second-order valence-corrected chi connectivity index (χ2v) is 4.20. The Morgan fingerprint density at radius 2 is 2.16 bits per heavy atom. The largest absolute Gasteiger partial charge is 0.495 e. The number of aromatic nitrogens is 2. The SMILES string of the molecule is COc1cccc(C#N)c1Nc1nc(Cl)ncc1Cl. The number of hydrogen-bond donors (Lipinski definition) is 1. The van der Waals surface area contributed by atoms with E-state index in [4.69, 9.17) is 33.2 Å². The molecule has 0 aliphatic carbocycles. The van der Waals surface area contributed by atoms with Gasteiger partial charge in [-0.25, -0.2) is 4.98 Å². The molecule has 0 radical (unpaired) electrons. The van der Waals surface area contributed by atoms with Crippen molar-refractivity contribution in [2.45, 2.75) is 0 Å². The van der Waals surface area contributed by atoms with Gasteiger partial charge in [0.15, 0.2) is 5.82 Å². The molecule has 0 unspecified atom stereocenters. The lowest BCUT2D eigenvalue weighted by molar-refractivity contribution is 0.416. The maximum Gasteiger partial charge on any atom is 0.224 e. The summed E-state index contributed by atoms with van der Waals surface area (Å²) in [5.74, 6) is 0.813. The van der Waals surface area contributed by atoms with Crippen molar-refractivity contribution >= 4 is 34.7 Å². The topological polar surface area (TPSA) is 70.8 Å². The van der Waals surface area contributed by atoms with Gasteiger partial charge in [-0.3, -0.25) is 0 Å². The fourth-order valence-corrected chi connectivity index (χ4v) is 1.75. The second kappa shape index (κ2) is 5.74. The Labute approximate surface area is 119 Å². The Kier molecular flexibility index (Phi) is 4.05. The van der Waals surface area contributed by atoms with Crippen LogP contribution in [0.1, 0.15) is 5.56 Å². The summed E-state index contributed by atoms with van der Waals surface area (Å²) < 4.78 is 5.20. The maximum atomic E-state index is 9.10. The summed E-state index contributed by atoms with van der Waals surface area (Å²) in [6.07, 6.45) is 1.38. The van der Waals surface area contributed by atoms with E-state index in [0.717, 1.165) is 0 Å². The molecule has 1 heterocycles. The molecule has 0 amide bonds. The van der Waals surface area contributed by atoms with E-state index in [0.29, 0.717) is 27.8 Å². The summed E-state index contributed by atoms with van der Waals surface area (Å²) in [5.41, 5.74) is 0.884. The van der Waals surface area contributed by atoms with Gasteiger partial charge in [-0.05, 0) is 23.7 Å². The number of nitrogens with one attached hydrogen (secondary N) is 1. The van der Waals surface area contributed by atoms with Gasteiger partial charge in [0.05, 0.1) is 18.9 Å². The molecule has 2 aromatic rings. The average molecular weight is 295 g/mol. The molecule has 19 heavy (non-hydrogen) atoms. The monoisotopic (exact) mass is 294 g/mol. The molecule has 0 atom stereocenters. The number of hydrogen-bond acceptors (Lipinski definition) is 5. The Morgan fingerprint density at radius 3 is 2.84 bits per heavy atom. The highest BCUT2D eigenvalue weighted by molar-refractivity contribution is 6.33. The van der Waals surface area contributed by atoms with Gasteiger partial charge in [-0.1, -0.05) is 17.7 Å². The van der Waals surface area contributed by atoms with E-state index in [2.05, 4.69) is 21.4 Å². The highest BCUT2D eigenvalue weighted by Gasteiger charge is 2.12.